The summed E-state index contributed by atoms with van der Waals surface area (Å²) in [5, 5.41) is 19.6. The second kappa shape index (κ2) is 5.44. The number of carbonyl (C=O) groups excluding carboxylic acids is 1. The van der Waals surface area contributed by atoms with Crippen molar-refractivity contribution in [3.05, 3.63) is 28.8 Å². The van der Waals surface area contributed by atoms with Crippen LogP contribution in [0, 0.1) is 19.3 Å². The highest BCUT2D eigenvalue weighted by Crippen LogP contribution is 2.31. The molecule has 0 bridgehead atoms. The summed E-state index contributed by atoms with van der Waals surface area (Å²) in [5.41, 5.74) is 1.81. The number of aliphatic hydroxyl groups excluding tert-OH is 1. The van der Waals surface area contributed by atoms with E-state index in [-0.39, 0.29) is 23.7 Å². The zero-order valence-corrected chi connectivity index (χ0v) is 12.4. The van der Waals surface area contributed by atoms with Crippen molar-refractivity contribution in [3.8, 4) is 5.75 Å². The third-order valence-corrected chi connectivity index (χ3v) is 4.13. The summed E-state index contributed by atoms with van der Waals surface area (Å²) in [6, 6.07) is 3.59. The van der Waals surface area contributed by atoms with Gasteiger partial charge in [0, 0.05) is 18.5 Å². The minimum atomic E-state index is -0.234. The van der Waals surface area contributed by atoms with Crippen LogP contribution in [0.2, 0.25) is 0 Å². The Morgan fingerprint density at radius 2 is 2.10 bits per heavy atom. The maximum Gasteiger partial charge on any atom is 0.257 e. The number of rotatable bonds is 2. The van der Waals surface area contributed by atoms with Crippen LogP contribution in [0.5, 0.6) is 5.75 Å². The molecule has 2 N–H and O–H groups in total. The molecule has 1 heterocycles. The fourth-order valence-electron chi connectivity index (χ4n) is 2.91. The van der Waals surface area contributed by atoms with Gasteiger partial charge in [-0.3, -0.25) is 4.79 Å². The number of amides is 1. The Bertz CT molecular complexity index is 527. The molecule has 110 valence electrons. The topological polar surface area (TPSA) is 60.8 Å². The lowest BCUT2D eigenvalue weighted by atomic mass is 9.82. The molecule has 20 heavy (non-hydrogen) atoms. The maximum absolute atomic E-state index is 12.6. The van der Waals surface area contributed by atoms with E-state index in [9.17, 15) is 15.0 Å². The van der Waals surface area contributed by atoms with Crippen LogP contribution < -0.4 is 0 Å². The van der Waals surface area contributed by atoms with E-state index in [1.54, 1.807) is 17.9 Å². The van der Waals surface area contributed by atoms with E-state index in [0.717, 1.165) is 24.0 Å². The van der Waals surface area contributed by atoms with Crippen LogP contribution in [0.3, 0.4) is 0 Å². The summed E-state index contributed by atoms with van der Waals surface area (Å²) < 4.78 is 0. The van der Waals surface area contributed by atoms with Crippen LogP contribution >= 0.6 is 0 Å². The maximum atomic E-state index is 12.6. The molecule has 0 aliphatic carbocycles. The van der Waals surface area contributed by atoms with E-state index in [0.29, 0.717) is 18.7 Å². The molecule has 1 aliphatic rings. The summed E-state index contributed by atoms with van der Waals surface area (Å²) >= 11 is 0. The van der Waals surface area contributed by atoms with Crippen molar-refractivity contribution in [2.24, 2.45) is 5.41 Å². The SMILES string of the molecule is Cc1cc(C)c(O)c(C(=O)N2CCCC(C)(CO)C2)c1. The Morgan fingerprint density at radius 1 is 1.40 bits per heavy atom. The van der Waals surface area contributed by atoms with Gasteiger partial charge in [0.1, 0.15) is 5.75 Å². The molecule has 0 spiro atoms. The summed E-state index contributed by atoms with van der Waals surface area (Å²) in [4.78, 5) is 14.4. The molecule has 4 nitrogen and oxygen atoms in total. The Kier molecular flexibility index (Phi) is 4.04. The van der Waals surface area contributed by atoms with Crippen molar-refractivity contribution >= 4 is 5.91 Å². The fraction of sp³-hybridized carbons (Fsp3) is 0.562. The number of hydrogen-bond acceptors (Lipinski definition) is 3. The molecule has 2 rings (SSSR count). The number of aryl methyl sites for hydroxylation is 2. The predicted molar refractivity (Wildman–Crippen MR) is 77.9 cm³/mol. The third-order valence-electron chi connectivity index (χ3n) is 4.13. The summed E-state index contributed by atoms with van der Waals surface area (Å²) in [5.74, 6) is -0.0782. The quantitative estimate of drug-likeness (QED) is 0.871. The normalized spacial score (nSPS) is 22.9. The van der Waals surface area contributed by atoms with Crippen LogP contribution in [0.4, 0.5) is 0 Å². The van der Waals surface area contributed by atoms with E-state index in [1.807, 2.05) is 19.9 Å². The number of hydrogen-bond donors (Lipinski definition) is 2. The standard InChI is InChI=1S/C16H23NO3/c1-11-7-12(2)14(19)13(8-11)15(20)17-6-4-5-16(3,9-17)10-18/h7-8,18-19H,4-6,9-10H2,1-3H3. The van der Waals surface area contributed by atoms with Gasteiger partial charge in [0.05, 0.1) is 12.2 Å². The Labute approximate surface area is 120 Å². The first-order chi connectivity index (χ1) is 9.36. The minimum absolute atomic E-state index is 0.0666. The van der Waals surface area contributed by atoms with Gasteiger partial charge in [-0.15, -0.1) is 0 Å². The lowest BCUT2D eigenvalue weighted by Crippen LogP contribution is -2.46. The van der Waals surface area contributed by atoms with E-state index in [2.05, 4.69) is 0 Å². The first kappa shape index (κ1) is 14.9. The average molecular weight is 277 g/mol. The number of nitrogens with zero attached hydrogens (tertiary/aromatic N) is 1. The zero-order valence-electron chi connectivity index (χ0n) is 12.4. The van der Waals surface area contributed by atoms with Crippen molar-refractivity contribution in [2.75, 3.05) is 19.7 Å². The van der Waals surface area contributed by atoms with Crippen molar-refractivity contribution in [2.45, 2.75) is 33.6 Å². The molecule has 1 amide bonds. The predicted octanol–water partition coefficient (Wildman–Crippen LogP) is 2.24. The molecule has 1 unspecified atom stereocenters. The van der Waals surface area contributed by atoms with Crippen molar-refractivity contribution in [3.63, 3.8) is 0 Å². The van der Waals surface area contributed by atoms with E-state index in [1.165, 1.54) is 0 Å². The van der Waals surface area contributed by atoms with Gasteiger partial charge in [-0.1, -0.05) is 13.0 Å². The molecule has 0 aromatic heterocycles. The number of piperidine rings is 1. The molecule has 0 radical (unpaired) electrons. The molecular formula is C16H23NO3. The van der Waals surface area contributed by atoms with E-state index < -0.39 is 0 Å². The lowest BCUT2D eigenvalue weighted by molar-refractivity contribution is 0.0356. The van der Waals surface area contributed by atoms with Crippen molar-refractivity contribution in [1.82, 2.24) is 4.90 Å². The molecule has 0 saturated carbocycles. The number of aromatic hydroxyl groups is 1. The van der Waals surface area contributed by atoms with Crippen LogP contribution in [0.25, 0.3) is 0 Å². The number of phenolic OH excluding ortho intramolecular Hbond substituents is 1. The molecule has 1 saturated heterocycles. The molecular weight excluding hydrogens is 254 g/mol. The Hall–Kier alpha value is -1.55. The van der Waals surface area contributed by atoms with Crippen molar-refractivity contribution < 1.29 is 15.0 Å². The fourth-order valence-corrected chi connectivity index (χ4v) is 2.91. The summed E-state index contributed by atoms with van der Waals surface area (Å²) in [6.07, 6.45) is 1.81. The van der Waals surface area contributed by atoms with E-state index in [4.69, 9.17) is 0 Å². The van der Waals surface area contributed by atoms with Gasteiger partial charge >= 0.3 is 0 Å². The lowest BCUT2D eigenvalue weighted by Gasteiger charge is -2.39. The van der Waals surface area contributed by atoms with Gasteiger partial charge in [-0.25, -0.2) is 0 Å². The van der Waals surface area contributed by atoms with Gasteiger partial charge in [0.15, 0.2) is 0 Å². The first-order valence-corrected chi connectivity index (χ1v) is 7.07. The third kappa shape index (κ3) is 2.80. The average Bonchev–Trinajstić information content (AvgIpc) is 2.42. The number of carbonyl (C=O) groups is 1. The molecule has 1 aliphatic heterocycles. The Morgan fingerprint density at radius 3 is 2.75 bits per heavy atom. The first-order valence-electron chi connectivity index (χ1n) is 7.07. The van der Waals surface area contributed by atoms with Gasteiger partial charge in [0.2, 0.25) is 0 Å². The van der Waals surface area contributed by atoms with Crippen LogP contribution in [-0.2, 0) is 0 Å². The molecule has 1 aromatic carbocycles. The van der Waals surface area contributed by atoms with E-state index >= 15 is 0 Å². The van der Waals surface area contributed by atoms with Gasteiger partial charge in [-0.2, -0.15) is 0 Å². The summed E-state index contributed by atoms with van der Waals surface area (Å²) in [7, 11) is 0. The number of likely N-dealkylation sites (tertiary alicyclic amines) is 1. The van der Waals surface area contributed by atoms with Gasteiger partial charge in [0.25, 0.3) is 5.91 Å². The van der Waals surface area contributed by atoms with Crippen LogP contribution in [0.15, 0.2) is 12.1 Å². The van der Waals surface area contributed by atoms with Crippen molar-refractivity contribution in [1.29, 1.82) is 0 Å². The minimum Gasteiger partial charge on any atom is -0.507 e. The highest BCUT2D eigenvalue weighted by molar-refractivity contribution is 5.97. The molecule has 1 fully saturated rings. The molecule has 4 heteroatoms. The molecule has 1 atom stereocenters. The monoisotopic (exact) mass is 277 g/mol. The second-order valence-corrected chi connectivity index (χ2v) is 6.28. The van der Waals surface area contributed by atoms with Gasteiger partial charge in [-0.05, 0) is 43.9 Å². The zero-order chi connectivity index (χ0) is 14.9. The summed E-state index contributed by atoms with van der Waals surface area (Å²) in [6.45, 7) is 7.00. The second-order valence-electron chi connectivity index (χ2n) is 6.28. The van der Waals surface area contributed by atoms with Gasteiger partial charge < -0.3 is 15.1 Å². The smallest absolute Gasteiger partial charge is 0.257 e. The highest BCUT2D eigenvalue weighted by atomic mass is 16.3. The van der Waals surface area contributed by atoms with Crippen LogP contribution in [-0.4, -0.2) is 40.7 Å². The number of aliphatic hydroxyl groups is 1. The molecule has 1 aromatic rings. The number of phenols is 1. The largest absolute Gasteiger partial charge is 0.507 e. The van der Waals surface area contributed by atoms with Crippen LogP contribution in [0.1, 0.15) is 41.3 Å². The Balaban J connectivity index is 2.28. The number of benzene rings is 1. The highest BCUT2D eigenvalue weighted by Gasteiger charge is 2.33.